The molecule has 1 fully saturated rings. The molecule has 2 aromatic rings. The predicted molar refractivity (Wildman–Crippen MR) is 115 cm³/mol. The van der Waals surface area contributed by atoms with Gasteiger partial charge in [0.05, 0.1) is 5.56 Å². The van der Waals surface area contributed by atoms with Gasteiger partial charge in [0, 0.05) is 19.3 Å². The highest BCUT2D eigenvalue weighted by molar-refractivity contribution is 5.92. The topological polar surface area (TPSA) is 107 Å². The van der Waals surface area contributed by atoms with Crippen molar-refractivity contribution in [1.82, 2.24) is 9.88 Å². The van der Waals surface area contributed by atoms with Gasteiger partial charge >= 0.3 is 0 Å². The molecule has 0 radical (unpaired) electrons. The third-order valence-electron chi connectivity index (χ3n) is 5.86. The highest BCUT2D eigenvalue weighted by Gasteiger charge is 2.34. The summed E-state index contributed by atoms with van der Waals surface area (Å²) >= 11 is 0. The van der Waals surface area contributed by atoms with Crippen LogP contribution in [0.25, 0.3) is 0 Å². The number of benzene rings is 1. The number of anilines is 1. The number of pyridine rings is 1. The number of primary amides is 1. The number of rotatable bonds is 4. The number of likely N-dealkylation sites (tertiary alicyclic amines) is 1. The third-order valence-corrected chi connectivity index (χ3v) is 5.86. The summed E-state index contributed by atoms with van der Waals surface area (Å²) in [4.78, 5) is 36.9. The first-order valence-electron chi connectivity index (χ1n) is 10.7. The summed E-state index contributed by atoms with van der Waals surface area (Å²) in [7, 11) is 0. The van der Waals surface area contributed by atoms with Crippen molar-refractivity contribution in [1.29, 1.82) is 0 Å². The molecular formula is C23H24N4O5. The first-order chi connectivity index (χ1) is 15.6. The van der Waals surface area contributed by atoms with E-state index in [1.54, 1.807) is 23.3 Å². The molecule has 4 heterocycles. The lowest BCUT2D eigenvalue weighted by atomic mass is 10.0. The Balaban J connectivity index is 1.47. The molecule has 2 atom stereocenters. The van der Waals surface area contributed by atoms with Crippen molar-refractivity contribution in [2.75, 3.05) is 24.9 Å². The van der Waals surface area contributed by atoms with Crippen molar-refractivity contribution in [2.45, 2.75) is 31.4 Å². The summed E-state index contributed by atoms with van der Waals surface area (Å²) in [5.74, 6) is 1.17. The van der Waals surface area contributed by atoms with Crippen molar-refractivity contribution in [3.63, 3.8) is 0 Å². The quantitative estimate of drug-likeness (QED) is 0.733. The molecule has 1 aromatic carbocycles. The fourth-order valence-corrected chi connectivity index (χ4v) is 4.13. The maximum Gasteiger partial charge on any atom is 0.258 e. The Bertz CT molecular complexity index is 1050. The molecule has 166 valence electrons. The van der Waals surface area contributed by atoms with E-state index in [9.17, 15) is 9.59 Å². The molecule has 9 heteroatoms. The predicted octanol–water partition coefficient (Wildman–Crippen LogP) is 2.34. The number of ether oxygens (including phenoxy) is 2. The smallest absolute Gasteiger partial charge is 0.258 e. The van der Waals surface area contributed by atoms with Crippen molar-refractivity contribution in [3.05, 3.63) is 59.8 Å². The van der Waals surface area contributed by atoms with Gasteiger partial charge in [-0.25, -0.2) is 10.0 Å². The number of carbonyl (C=O) groups excluding carboxylic acids is 2. The fourth-order valence-electron chi connectivity index (χ4n) is 4.13. The van der Waals surface area contributed by atoms with Gasteiger partial charge < -0.3 is 20.1 Å². The summed E-state index contributed by atoms with van der Waals surface area (Å²) in [5.41, 5.74) is 6.52. The van der Waals surface area contributed by atoms with Crippen molar-refractivity contribution >= 4 is 17.6 Å². The van der Waals surface area contributed by atoms with E-state index in [1.165, 1.54) is 6.20 Å². The third kappa shape index (κ3) is 3.87. The van der Waals surface area contributed by atoms with Gasteiger partial charge in [-0.3, -0.25) is 14.4 Å². The molecule has 2 unspecified atom stereocenters. The Morgan fingerprint density at radius 3 is 2.56 bits per heavy atom. The monoisotopic (exact) mass is 436 g/mol. The van der Waals surface area contributed by atoms with Crippen LogP contribution < -0.4 is 20.3 Å². The summed E-state index contributed by atoms with van der Waals surface area (Å²) in [6, 6.07) is 8.54. The number of piperidine rings is 1. The van der Waals surface area contributed by atoms with E-state index in [-0.39, 0.29) is 18.7 Å². The molecule has 0 saturated carbocycles. The number of hydrogen-bond acceptors (Lipinski definition) is 7. The van der Waals surface area contributed by atoms with Gasteiger partial charge in [-0.15, -0.1) is 0 Å². The molecule has 2 amide bonds. The van der Waals surface area contributed by atoms with E-state index in [1.807, 2.05) is 29.2 Å². The van der Waals surface area contributed by atoms with Gasteiger partial charge in [0.15, 0.2) is 23.4 Å². The van der Waals surface area contributed by atoms with Gasteiger partial charge in [0.25, 0.3) is 5.91 Å². The lowest BCUT2D eigenvalue weighted by molar-refractivity contribution is -0.143. The normalized spacial score (nSPS) is 22.1. The van der Waals surface area contributed by atoms with E-state index in [0.29, 0.717) is 22.9 Å². The van der Waals surface area contributed by atoms with Gasteiger partial charge in [-0.2, -0.15) is 0 Å². The highest BCUT2D eigenvalue weighted by atomic mass is 16.7. The SMILES string of the molecule is NC(=O)c1ccc(N2OC(C(=O)N3CCCCC3)C=CC2c2ccc3c(c2)OCO3)nc1. The van der Waals surface area contributed by atoms with Crippen molar-refractivity contribution in [2.24, 2.45) is 5.73 Å². The molecule has 0 aliphatic carbocycles. The summed E-state index contributed by atoms with van der Waals surface area (Å²) in [5, 5.41) is 1.59. The molecular weight excluding hydrogens is 412 g/mol. The zero-order valence-corrected chi connectivity index (χ0v) is 17.5. The second-order valence-electron chi connectivity index (χ2n) is 7.95. The molecule has 3 aliphatic heterocycles. The molecule has 32 heavy (non-hydrogen) atoms. The van der Waals surface area contributed by atoms with Crippen LogP contribution in [0.3, 0.4) is 0 Å². The van der Waals surface area contributed by atoms with Crippen molar-refractivity contribution < 1.29 is 23.9 Å². The minimum absolute atomic E-state index is 0.0659. The molecule has 1 saturated heterocycles. The molecule has 0 spiro atoms. The Labute approximate surface area is 185 Å². The maximum absolute atomic E-state index is 13.1. The van der Waals surface area contributed by atoms with Crippen LogP contribution in [0.1, 0.15) is 41.2 Å². The zero-order valence-electron chi connectivity index (χ0n) is 17.5. The number of fused-ring (bicyclic) bond motifs is 1. The lowest BCUT2D eigenvalue weighted by Gasteiger charge is -2.37. The van der Waals surface area contributed by atoms with Crippen LogP contribution in [-0.4, -0.2) is 47.7 Å². The van der Waals surface area contributed by atoms with Crippen LogP contribution in [0.2, 0.25) is 0 Å². The van der Waals surface area contributed by atoms with Crippen LogP contribution >= 0.6 is 0 Å². The van der Waals surface area contributed by atoms with Gasteiger partial charge in [-0.05, 0) is 55.2 Å². The van der Waals surface area contributed by atoms with Gasteiger partial charge in [0.1, 0.15) is 6.04 Å². The van der Waals surface area contributed by atoms with E-state index < -0.39 is 12.0 Å². The second kappa shape index (κ2) is 8.51. The first-order valence-corrected chi connectivity index (χ1v) is 10.7. The van der Waals surface area contributed by atoms with Gasteiger partial charge in [-0.1, -0.05) is 12.1 Å². The van der Waals surface area contributed by atoms with E-state index >= 15 is 0 Å². The Hall–Kier alpha value is -3.59. The highest BCUT2D eigenvalue weighted by Crippen LogP contribution is 2.38. The minimum Gasteiger partial charge on any atom is -0.454 e. The first kappa shape index (κ1) is 20.3. The average molecular weight is 436 g/mol. The maximum atomic E-state index is 13.1. The average Bonchev–Trinajstić information content (AvgIpc) is 3.32. The number of aromatic nitrogens is 1. The summed E-state index contributed by atoms with van der Waals surface area (Å²) < 4.78 is 10.9. The minimum atomic E-state index is -0.754. The van der Waals surface area contributed by atoms with Crippen LogP contribution in [0.15, 0.2) is 48.7 Å². The molecule has 9 nitrogen and oxygen atoms in total. The molecule has 3 aliphatic rings. The van der Waals surface area contributed by atoms with Crippen LogP contribution in [0, 0.1) is 0 Å². The number of carbonyl (C=O) groups is 2. The molecule has 5 rings (SSSR count). The lowest BCUT2D eigenvalue weighted by Crippen LogP contribution is -2.47. The number of hydroxylamine groups is 1. The van der Waals surface area contributed by atoms with Crippen LogP contribution in [0.5, 0.6) is 11.5 Å². The standard InChI is InChI=1S/C23H24N4O5/c24-22(28)16-5-9-21(25-13-16)27-17(15-4-7-18-20(12-15)31-14-30-18)6-8-19(32-27)23(29)26-10-2-1-3-11-26/h4-9,12-13,17,19H,1-3,10-11,14H2,(H2,24,28). The Morgan fingerprint density at radius 2 is 1.81 bits per heavy atom. The summed E-state index contributed by atoms with van der Waals surface area (Å²) in [6.07, 6.45) is 7.51. The zero-order chi connectivity index (χ0) is 22.1. The van der Waals surface area contributed by atoms with Crippen LogP contribution in [0.4, 0.5) is 5.82 Å². The van der Waals surface area contributed by atoms with E-state index in [0.717, 1.165) is 37.9 Å². The molecule has 1 aromatic heterocycles. The van der Waals surface area contributed by atoms with E-state index in [2.05, 4.69) is 4.98 Å². The van der Waals surface area contributed by atoms with Gasteiger partial charge in [0.2, 0.25) is 12.7 Å². The fraction of sp³-hybridized carbons (Fsp3) is 0.348. The molecule has 0 bridgehead atoms. The number of amides is 2. The second-order valence-corrected chi connectivity index (χ2v) is 7.95. The molecule has 2 N–H and O–H groups in total. The Morgan fingerprint density at radius 1 is 1.00 bits per heavy atom. The number of nitrogens with zero attached hydrogens (tertiary/aromatic N) is 3. The van der Waals surface area contributed by atoms with E-state index in [4.69, 9.17) is 20.0 Å². The summed E-state index contributed by atoms with van der Waals surface area (Å²) in [6.45, 7) is 1.66. The van der Waals surface area contributed by atoms with Crippen LogP contribution in [-0.2, 0) is 9.63 Å². The number of nitrogens with two attached hydrogens (primary N) is 1. The number of hydrogen-bond donors (Lipinski definition) is 1. The van der Waals surface area contributed by atoms with Crippen molar-refractivity contribution in [3.8, 4) is 11.5 Å². The largest absolute Gasteiger partial charge is 0.454 e. The Kier molecular flexibility index (Phi) is 5.40.